The Bertz CT molecular complexity index is 968. The van der Waals surface area contributed by atoms with Gasteiger partial charge in [-0.15, -0.1) is 0 Å². The molecule has 0 saturated carbocycles. The molecule has 0 amide bonds. The molecule has 1 heterocycles. The van der Waals surface area contributed by atoms with Gasteiger partial charge < -0.3 is 15.4 Å². The van der Waals surface area contributed by atoms with Crippen LogP contribution in [0.4, 0.5) is 23.1 Å². The lowest BCUT2D eigenvalue weighted by molar-refractivity contribution is 0.0601. The second-order valence-electron chi connectivity index (χ2n) is 6.36. The summed E-state index contributed by atoms with van der Waals surface area (Å²) >= 11 is 0. The van der Waals surface area contributed by atoms with Crippen molar-refractivity contribution in [2.24, 2.45) is 0 Å². The number of aryl methyl sites for hydroxylation is 3. The average molecular weight is 362 g/mol. The number of carbonyl (C=O) groups is 1. The van der Waals surface area contributed by atoms with Crippen LogP contribution in [0.15, 0.2) is 48.5 Å². The molecule has 2 N–H and O–H groups in total. The number of benzene rings is 2. The van der Waals surface area contributed by atoms with Crippen molar-refractivity contribution in [1.82, 2.24) is 9.97 Å². The lowest BCUT2D eigenvalue weighted by Gasteiger charge is -2.12. The Morgan fingerprint density at radius 3 is 2.37 bits per heavy atom. The number of ether oxygens (including phenoxy) is 1. The van der Waals surface area contributed by atoms with Gasteiger partial charge in [0.25, 0.3) is 0 Å². The van der Waals surface area contributed by atoms with E-state index in [4.69, 9.17) is 4.74 Å². The maximum absolute atomic E-state index is 11.5. The minimum atomic E-state index is -0.367. The topological polar surface area (TPSA) is 76.1 Å². The highest BCUT2D eigenvalue weighted by molar-refractivity contribution is 5.89. The van der Waals surface area contributed by atoms with Gasteiger partial charge in [0.2, 0.25) is 5.95 Å². The van der Waals surface area contributed by atoms with E-state index in [1.165, 1.54) is 12.7 Å². The van der Waals surface area contributed by atoms with Crippen molar-refractivity contribution >= 4 is 29.1 Å². The summed E-state index contributed by atoms with van der Waals surface area (Å²) in [4.78, 5) is 20.5. The number of carbonyl (C=O) groups excluding carboxylic acids is 1. The van der Waals surface area contributed by atoms with Crippen LogP contribution in [-0.4, -0.2) is 23.0 Å². The zero-order chi connectivity index (χ0) is 19.4. The van der Waals surface area contributed by atoms with Crippen molar-refractivity contribution in [3.63, 3.8) is 0 Å². The molecule has 0 unspecified atom stereocenters. The summed E-state index contributed by atoms with van der Waals surface area (Å²) in [7, 11) is 1.36. The molecular formula is C21H22N4O2. The summed E-state index contributed by atoms with van der Waals surface area (Å²) in [5, 5.41) is 6.53. The van der Waals surface area contributed by atoms with Gasteiger partial charge in [0, 0.05) is 23.1 Å². The molecule has 27 heavy (non-hydrogen) atoms. The molecule has 3 rings (SSSR count). The summed E-state index contributed by atoms with van der Waals surface area (Å²) < 4.78 is 4.71. The summed E-state index contributed by atoms with van der Waals surface area (Å²) in [6, 6.07) is 15.1. The Labute approximate surface area is 158 Å². The van der Waals surface area contributed by atoms with Gasteiger partial charge in [0.1, 0.15) is 5.82 Å². The van der Waals surface area contributed by atoms with Crippen molar-refractivity contribution in [3.8, 4) is 0 Å². The first kappa shape index (κ1) is 18.4. The molecule has 0 radical (unpaired) electrons. The monoisotopic (exact) mass is 362 g/mol. The molecular weight excluding hydrogens is 340 g/mol. The Kier molecular flexibility index (Phi) is 5.35. The highest BCUT2D eigenvalue weighted by Gasteiger charge is 2.07. The highest BCUT2D eigenvalue weighted by atomic mass is 16.5. The van der Waals surface area contributed by atoms with Crippen LogP contribution in [-0.2, 0) is 4.74 Å². The lowest BCUT2D eigenvalue weighted by Crippen LogP contribution is -2.04. The number of esters is 1. The van der Waals surface area contributed by atoms with Crippen molar-refractivity contribution < 1.29 is 9.53 Å². The van der Waals surface area contributed by atoms with Crippen LogP contribution in [0.2, 0.25) is 0 Å². The molecule has 2 aromatic carbocycles. The molecule has 0 spiro atoms. The number of nitrogens with one attached hydrogen (secondary N) is 2. The lowest BCUT2D eigenvalue weighted by atomic mass is 10.1. The zero-order valence-corrected chi connectivity index (χ0v) is 15.8. The zero-order valence-electron chi connectivity index (χ0n) is 15.8. The average Bonchev–Trinajstić information content (AvgIpc) is 2.64. The number of anilines is 4. The van der Waals surface area contributed by atoms with E-state index >= 15 is 0 Å². The number of hydrogen-bond donors (Lipinski definition) is 2. The van der Waals surface area contributed by atoms with Gasteiger partial charge >= 0.3 is 5.97 Å². The van der Waals surface area contributed by atoms with Gasteiger partial charge in [-0.25, -0.2) is 9.78 Å². The van der Waals surface area contributed by atoms with E-state index in [-0.39, 0.29) is 5.97 Å². The fourth-order valence-electron chi connectivity index (χ4n) is 2.63. The molecule has 0 fully saturated rings. The van der Waals surface area contributed by atoms with Gasteiger partial charge in [0.05, 0.1) is 12.7 Å². The van der Waals surface area contributed by atoms with Crippen LogP contribution in [0.5, 0.6) is 0 Å². The third kappa shape index (κ3) is 4.61. The maximum Gasteiger partial charge on any atom is 0.337 e. The van der Waals surface area contributed by atoms with Crippen LogP contribution in [0.1, 0.15) is 27.2 Å². The smallest absolute Gasteiger partial charge is 0.337 e. The molecule has 6 heteroatoms. The molecule has 0 atom stereocenters. The largest absolute Gasteiger partial charge is 0.465 e. The van der Waals surface area contributed by atoms with Crippen molar-refractivity contribution in [2.45, 2.75) is 20.8 Å². The third-order valence-electron chi connectivity index (χ3n) is 4.07. The second kappa shape index (κ2) is 7.86. The van der Waals surface area contributed by atoms with E-state index < -0.39 is 0 Å². The first-order chi connectivity index (χ1) is 12.9. The predicted octanol–water partition coefficient (Wildman–Crippen LogP) is 4.68. The standard InChI is InChI=1S/C21H22N4O2/c1-13-5-6-14(2)18(11-13)24-19-12-15(3)22-21(25-19)23-17-9-7-16(8-10-17)20(26)27-4/h5-12H,1-4H3,(H2,22,23,24,25). The van der Waals surface area contributed by atoms with Crippen LogP contribution in [0.25, 0.3) is 0 Å². The SMILES string of the molecule is COC(=O)c1ccc(Nc2nc(C)cc(Nc3cc(C)ccc3C)n2)cc1. The number of methoxy groups -OCH3 is 1. The van der Waals surface area contributed by atoms with Gasteiger partial charge in [0.15, 0.2) is 0 Å². The van der Waals surface area contributed by atoms with Crippen LogP contribution >= 0.6 is 0 Å². The fraction of sp³-hybridized carbons (Fsp3) is 0.190. The Balaban J connectivity index is 1.81. The number of hydrogen-bond acceptors (Lipinski definition) is 6. The van der Waals surface area contributed by atoms with Gasteiger partial charge in [-0.05, 0) is 62.2 Å². The summed E-state index contributed by atoms with van der Waals surface area (Å²) in [5.74, 6) is 0.826. The summed E-state index contributed by atoms with van der Waals surface area (Å²) in [6.07, 6.45) is 0. The summed E-state index contributed by atoms with van der Waals surface area (Å²) in [5.41, 5.74) is 5.45. The van der Waals surface area contributed by atoms with Crippen molar-refractivity contribution in [1.29, 1.82) is 0 Å². The van der Waals surface area contributed by atoms with E-state index in [0.717, 1.165) is 22.6 Å². The first-order valence-electron chi connectivity index (χ1n) is 8.60. The fourth-order valence-corrected chi connectivity index (χ4v) is 2.63. The molecule has 1 aromatic heterocycles. The molecule has 0 aliphatic carbocycles. The molecule has 0 aliphatic rings. The van der Waals surface area contributed by atoms with E-state index in [0.29, 0.717) is 17.3 Å². The Morgan fingerprint density at radius 1 is 0.926 bits per heavy atom. The molecule has 0 bridgehead atoms. The molecule has 0 aliphatic heterocycles. The van der Waals surface area contributed by atoms with Crippen LogP contribution < -0.4 is 10.6 Å². The van der Waals surface area contributed by atoms with E-state index in [9.17, 15) is 4.79 Å². The van der Waals surface area contributed by atoms with Crippen LogP contribution in [0.3, 0.4) is 0 Å². The second-order valence-corrected chi connectivity index (χ2v) is 6.36. The third-order valence-corrected chi connectivity index (χ3v) is 4.07. The Hall–Kier alpha value is -3.41. The molecule has 3 aromatic rings. The number of rotatable bonds is 5. The highest BCUT2D eigenvalue weighted by Crippen LogP contribution is 2.23. The van der Waals surface area contributed by atoms with E-state index in [2.05, 4.69) is 52.6 Å². The summed E-state index contributed by atoms with van der Waals surface area (Å²) in [6.45, 7) is 6.03. The minimum Gasteiger partial charge on any atom is -0.465 e. The molecule has 6 nitrogen and oxygen atoms in total. The van der Waals surface area contributed by atoms with E-state index in [1.807, 2.05) is 13.0 Å². The molecule has 0 saturated heterocycles. The first-order valence-corrected chi connectivity index (χ1v) is 8.60. The normalized spacial score (nSPS) is 10.4. The maximum atomic E-state index is 11.5. The van der Waals surface area contributed by atoms with Gasteiger partial charge in [-0.1, -0.05) is 12.1 Å². The van der Waals surface area contributed by atoms with Crippen LogP contribution in [0, 0.1) is 20.8 Å². The van der Waals surface area contributed by atoms with Crippen molar-refractivity contribution in [2.75, 3.05) is 17.7 Å². The van der Waals surface area contributed by atoms with E-state index in [1.54, 1.807) is 24.3 Å². The van der Waals surface area contributed by atoms with Gasteiger partial charge in [-0.2, -0.15) is 4.98 Å². The number of nitrogens with zero attached hydrogens (tertiary/aromatic N) is 2. The number of aromatic nitrogens is 2. The molecule has 138 valence electrons. The Morgan fingerprint density at radius 2 is 1.67 bits per heavy atom. The predicted molar refractivity (Wildman–Crippen MR) is 107 cm³/mol. The van der Waals surface area contributed by atoms with Crippen molar-refractivity contribution in [3.05, 3.63) is 70.9 Å². The minimum absolute atomic E-state index is 0.367. The quantitative estimate of drug-likeness (QED) is 0.642. The van der Waals surface area contributed by atoms with Gasteiger partial charge in [-0.3, -0.25) is 0 Å².